The summed E-state index contributed by atoms with van der Waals surface area (Å²) in [7, 11) is -2.11. The molecule has 2 aromatic carbocycles. The van der Waals surface area contributed by atoms with Crippen LogP contribution in [0.15, 0.2) is 60.7 Å². The van der Waals surface area contributed by atoms with Crippen molar-refractivity contribution in [2.45, 2.75) is 114 Å². The molecule has 2 aromatic rings. The van der Waals surface area contributed by atoms with E-state index >= 15 is 0 Å². The monoisotopic (exact) mass is 536 g/mol. The van der Waals surface area contributed by atoms with E-state index in [0.717, 1.165) is 58.4 Å². The van der Waals surface area contributed by atoms with Gasteiger partial charge in [-0.15, -0.1) is 0 Å². The van der Waals surface area contributed by atoms with Gasteiger partial charge in [0.25, 0.3) is 0 Å². The topological polar surface area (TPSA) is 0 Å². The van der Waals surface area contributed by atoms with Crippen molar-refractivity contribution in [3.8, 4) is 0 Å². The Kier molecular flexibility index (Phi) is 6.82. The van der Waals surface area contributed by atoms with Gasteiger partial charge in [0, 0.05) is 0 Å². The quantitative estimate of drug-likeness (QED) is 0.342. The summed E-state index contributed by atoms with van der Waals surface area (Å²) in [5.41, 5.74) is 1.96. The smallest absolute Gasteiger partial charge is 0.0626 e. The van der Waals surface area contributed by atoms with Gasteiger partial charge < -0.3 is 0 Å². The highest BCUT2D eigenvalue weighted by Crippen LogP contribution is 2.70. The Morgan fingerprint density at radius 3 is 0.872 bits per heavy atom. The molecule has 8 rings (SSSR count). The van der Waals surface area contributed by atoms with Gasteiger partial charge >= 0.3 is 0 Å². The fraction of sp³-hybridized carbons (Fsp3) is 0.684. The second-order valence-electron chi connectivity index (χ2n) is 15.1. The van der Waals surface area contributed by atoms with E-state index in [-0.39, 0.29) is 0 Å². The van der Waals surface area contributed by atoms with Crippen molar-refractivity contribution in [3.05, 3.63) is 60.7 Å². The third-order valence-corrected chi connectivity index (χ3v) is 20.4. The summed E-state index contributed by atoms with van der Waals surface area (Å²) >= 11 is 0. The van der Waals surface area contributed by atoms with Crippen molar-refractivity contribution in [2.24, 2.45) is 47.3 Å². The summed E-state index contributed by atoms with van der Waals surface area (Å²) in [5.74, 6) is 8.18. The maximum Gasteiger partial charge on any atom is 0.125 e. The lowest BCUT2D eigenvalue weighted by molar-refractivity contribution is 0.184. The minimum Gasteiger partial charge on any atom is -0.0626 e. The second kappa shape index (κ2) is 10.5. The second-order valence-corrected chi connectivity index (χ2v) is 19.3. The van der Waals surface area contributed by atoms with E-state index in [4.69, 9.17) is 0 Å². The maximum absolute atomic E-state index is 2.68. The van der Waals surface area contributed by atoms with Gasteiger partial charge in [0.15, 0.2) is 0 Å². The molecule has 39 heavy (non-hydrogen) atoms. The predicted molar refractivity (Wildman–Crippen MR) is 167 cm³/mol. The number of fused-ring (bicyclic) bond motifs is 6. The number of hydrogen-bond donors (Lipinski definition) is 0. The highest BCUT2D eigenvalue weighted by Gasteiger charge is 2.67. The molecule has 6 aliphatic rings. The van der Waals surface area contributed by atoms with Crippen molar-refractivity contribution >= 4 is 18.4 Å². The Balaban J connectivity index is 1.40. The van der Waals surface area contributed by atoms with Crippen molar-refractivity contribution < 1.29 is 0 Å². The van der Waals surface area contributed by atoms with Crippen molar-refractivity contribution in [2.75, 3.05) is 0 Å². The molecule has 0 amide bonds. The van der Waals surface area contributed by atoms with Gasteiger partial charge in [0.2, 0.25) is 0 Å². The summed E-state index contributed by atoms with van der Waals surface area (Å²) in [6, 6.07) is 25.1. The fourth-order valence-corrected chi connectivity index (χ4v) is 21.4. The average Bonchev–Trinajstić information content (AvgIpc) is 3.53. The van der Waals surface area contributed by atoms with Gasteiger partial charge in [-0.2, -0.15) is 0 Å². The summed E-state index contributed by atoms with van der Waals surface area (Å²) in [4.78, 5) is 0. The molecule has 0 aliphatic heterocycles. The van der Waals surface area contributed by atoms with E-state index in [9.17, 15) is 0 Å². The zero-order valence-corrected chi connectivity index (χ0v) is 25.4. The molecule has 0 saturated heterocycles. The molecular weight excluding hydrogens is 485 g/mol. The van der Waals surface area contributed by atoms with Gasteiger partial charge in [-0.1, -0.05) is 148 Å². The molecule has 0 nitrogen and oxygen atoms in total. The van der Waals surface area contributed by atoms with Crippen molar-refractivity contribution in [1.82, 2.24) is 0 Å². The van der Waals surface area contributed by atoms with Gasteiger partial charge in [0.05, 0.1) is 0 Å². The first-order chi connectivity index (χ1) is 19.4. The zero-order valence-electron chi connectivity index (χ0n) is 24.4. The SMILES string of the molecule is c1ccc([Si](c2ccccc2)(C2C3CCCCC3C3CCCCC32)C2C3CCCCC3C3CCCCC32)cc1. The lowest BCUT2D eigenvalue weighted by Gasteiger charge is -2.53. The maximum atomic E-state index is 2.68. The Labute approximate surface area is 239 Å². The molecule has 0 radical (unpaired) electrons. The zero-order chi connectivity index (χ0) is 25.8. The Hall–Kier alpha value is -1.34. The van der Waals surface area contributed by atoms with E-state index in [1.165, 1.54) is 51.4 Å². The van der Waals surface area contributed by atoms with Crippen LogP contribution in [-0.4, -0.2) is 8.07 Å². The minimum atomic E-state index is -2.11. The van der Waals surface area contributed by atoms with Crippen LogP contribution in [0.1, 0.15) is 103 Å². The molecule has 0 N–H and O–H groups in total. The molecule has 0 aromatic heterocycles. The van der Waals surface area contributed by atoms with Crippen LogP contribution in [0.3, 0.4) is 0 Å². The Morgan fingerprint density at radius 2 is 0.590 bits per heavy atom. The van der Waals surface area contributed by atoms with Crippen LogP contribution in [0, 0.1) is 47.3 Å². The van der Waals surface area contributed by atoms with E-state index in [0.29, 0.717) is 0 Å². The standard InChI is InChI=1S/C38H52Si/c1-3-15-27(16-4-1)39(28-17-5-2-6-18-28,37-33-23-11-7-19-29(33)30-20-8-12-24-34(30)37)38-35-25-13-9-21-31(35)32-22-10-14-26-36(32)38/h1-6,15-18,29-38H,7-14,19-26H2. The molecule has 6 fully saturated rings. The molecule has 8 unspecified atom stereocenters. The molecular formula is C38H52Si. The van der Waals surface area contributed by atoms with Crippen LogP contribution >= 0.6 is 0 Å². The normalized spacial score (nSPS) is 41.7. The summed E-state index contributed by atoms with van der Waals surface area (Å²) in [6.07, 6.45) is 24.5. The average molecular weight is 537 g/mol. The lowest BCUT2D eigenvalue weighted by Crippen LogP contribution is -2.68. The van der Waals surface area contributed by atoms with E-state index in [1.807, 2.05) is 10.4 Å². The van der Waals surface area contributed by atoms with Gasteiger partial charge in [0.1, 0.15) is 8.07 Å². The third kappa shape index (κ3) is 3.87. The number of rotatable bonds is 4. The highest BCUT2D eigenvalue weighted by atomic mass is 28.3. The molecule has 1 heteroatoms. The molecule has 0 spiro atoms. The predicted octanol–water partition coefficient (Wildman–Crippen LogP) is 9.24. The number of benzene rings is 2. The Bertz CT molecular complexity index is 975. The van der Waals surface area contributed by atoms with Crippen LogP contribution in [0.4, 0.5) is 0 Å². The fourth-order valence-electron chi connectivity index (χ4n) is 13.2. The molecule has 208 valence electrons. The van der Waals surface area contributed by atoms with E-state index in [2.05, 4.69) is 60.7 Å². The first-order valence-corrected chi connectivity index (χ1v) is 19.7. The van der Waals surface area contributed by atoms with E-state index < -0.39 is 8.07 Å². The van der Waals surface area contributed by atoms with Crippen LogP contribution in [0.2, 0.25) is 11.1 Å². The first-order valence-electron chi connectivity index (χ1n) is 17.5. The highest BCUT2D eigenvalue weighted by molar-refractivity contribution is 7.04. The largest absolute Gasteiger partial charge is 0.125 e. The number of hydrogen-bond acceptors (Lipinski definition) is 0. The summed E-state index contributed by atoms with van der Waals surface area (Å²) in [6.45, 7) is 0. The molecule has 8 atom stereocenters. The van der Waals surface area contributed by atoms with Crippen molar-refractivity contribution in [1.29, 1.82) is 0 Å². The van der Waals surface area contributed by atoms with Gasteiger partial charge in [-0.3, -0.25) is 0 Å². The van der Waals surface area contributed by atoms with Gasteiger partial charge in [-0.25, -0.2) is 0 Å². The van der Waals surface area contributed by atoms with E-state index in [1.54, 1.807) is 51.4 Å². The van der Waals surface area contributed by atoms with Crippen LogP contribution in [-0.2, 0) is 0 Å². The van der Waals surface area contributed by atoms with Crippen LogP contribution in [0.25, 0.3) is 0 Å². The molecule has 6 saturated carbocycles. The minimum absolute atomic E-state index is 0.978. The molecule has 0 heterocycles. The summed E-state index contributed by atoms with van der Waals surface area (Å²) < 4.78 is 0. The Morgan fingerprint density at radius 1 is 0.333 bits per heavy atom. The first kappa shape index (κ1) is 25.4. The van der Waals surface area contributed by atoms with Gasteiger partial charge in [-0.05, 0) is 84.1 Å². The molecule has 6 aliphatic carbocycles. The molecule has 0 bridgehead atoms. The summed E-state index contributed by atoms with van der Waals surface area (Å²) in [5, 5.41) is 3.72. The lowest BCUT2D eigenvalue weighted by atomic mass is 9.73. The van der Waals surface area contributed by atoms with Crippen LogP contribution in [0.5, 0.6) is 0 Å². The van der Waals surface area contributed by atoms with Crippen LogP contribution < -0.4 is 10.4 Å². The van der Waals surface area contributed by atoms with Crippen molar-refractivity contribution in [3.63, 3.8) is 0 Å². The third-order valence-electron chi connectivity index (χ3n) is 14.0.